The topological polar surface area (TPSA) is 25.8 Å². The molecule has 0 aliphatic rings. The van der Waals surface area contributed by atoms with Gasteiger partial charge in [-0.15, -0.1) is 11.3 Å². The summed E-state index contributed by atoms with van der Waals surface area (Å²) in [5, 5.41) is 2.06. The molecule has 0 unspecified atom stereocenters. The summed E-state index contributed by atoms with van der Waals surface area (Å²) >= 11 is 1.69. The average molecular weight is 340 g/mol. The van der Waals surface area contributed by atoms with Gasteiger partial charge in [-0.1, -0.05) is 72.8 Å². The molecular formula is C22H16N2S. The van der Waals surface area contributed by atoms with Crippen LogP contribution < -0.4 is 0 Å². The third kappa shape index (κ3) is 3.57. The fourth-order valence-electron chi connectivity index (χ4n) is 2.68. The van der Waals surface area contributed by atoms with Gasteiger partial charge in [-0.2, -0.15) is 0 Å². The molecule has 0 aliphatic heterocycles. The van der Waals surface area contributed by atoms with Gasteiger partial charge in [0.1, 0.15) is 6.33 Å². The fourth-order valence-corrected chi connectivity index (χ4v) is 3.43. The fraction of sp³-hybridized carbons (Fsp3) is 0. The van der Waals surface area contributed by atoms with Crippen molar-refractivity contribution in [2.45, 2.75) is 0 Å². The summed E-state index contributed by atoms with van der Waals surface area (Å²) in [7, 11) is 0. The van der Waals surface area contributed by atoms with Crippen LogP contribution in [0.2, 0.25) is 0 Å². The van der Waals surface area contributed by atoms with Crippen LogP contribution in [0.3, 0.4) is 0 Å². The molecule has 4 aromatic rings. The second-order valence-corrected chi connectivity index (χ2v) is 6.57. The van der Waals surface area contributed by atoms with E-state index >= 15 is 0 Å². The molecule has 0 saturated heterocycles. The zero-order valence-corrected chi connectivity index (χ0v) is 14.4. The maximum absolute atomic E-state index is 4.44. The molecule has 0 N–H and O–H groups in total. The number of hydrogen-bond donors (Lipinski definition) is 0. The quantitative estimate of drug-likeness (QED) is 0.452. The zero-order chi connectivity index (χ0) is 16.9. The molecule has 0 atom stereocenters. The van der Waals surface area contributed by atoms with Crippen LogP contribution in [0.5, 0.6) is 0 Å². The summed E-state index contributed by atoms with van der Waals surface area (Å²) in [5.74, 6) is 0. The Balaban J connectivity index is 1.59. The Hall–Kier alpha value is -3.04. The van der Waals surface area contributed by atoms with Crippen LogP contribution >= 0.6 is 11.3 Å². The van der Waals surface area contributed by atoms with E-state index < -0.39 is 0 Å². The molecule has 0 fully saturated rings. The minimum atomic E-state index is 0.974. The number of rotatable bonds is 4. The van der Waals surface area contributed by atoms with E-state index in [0.717, 1.165) is 21.7 Å². The Morgan fingerprint density at radius 2 is 1.56 bits per heavy atom. The normalized spacial score (nSPS) is 11.0. The van der Waals surface area contributed by atoms with Crippen molar-refractivity contribution >= 4 is 23.5 Å². The van der Waals surface area contributed by atoms with Gasteiger partial charge in [0.05, 0.1) is 10.6 Å². The summed E-state index contributed by atoms with van der Waals surface area (Å²) in [6.45, 7) is 0. The van der Waals surface area contributed by atoms with Crippen LogP contribution in [0.4, 0.5) is 0 Å². The number of benzene rings is 2. The molecular weight excluding hydrogens is 324 g/mol. The van der Waals surface area contributed by atoms with E-state index in [2.05, 4.69) is 82.1 Å². The Labute approximate surface area is 151 Å². The number of aromatic nitrogens is 2. The molecule has 2 nitrogen and oxygen atoms in total. The zero-order valence-electron chi connectivity index (χ0n) is 13.5. The highest BCUT2D eigenvalue weighted by molar-refractivity contribution is 7.13. The van der Waals surface area contributed by atoms with E-state index in [-0.39, 0.29) is 0 Å². The average Bonchev–Trinajstić information content (AvgIpc) is 3.22. The van der Waals surface area contributed by atoms with Gasteiger partial charge in [0.2, 0.25) is 0 Å². The Morgan fingerprint density at radius 3 is 2.32 bits per heavy atom. The second kappa shape index (κ2) is 7.24. The minimum Gasteiger partial charge on any atom is -0.244 e. The minimum absolute atomic E-state index is 0.974. The standard InChI is InChI=1S/C22H16N2S/c1-2-5-18(6-3-1)19-11-8-17(9-12-19)10-13-20-15-23-16-24-22(20)21-7-4-14-25-21/h1-16H/b13-10+. The first-order valence-electron chi connectivity index (χ1n) is 8.07. The Kier molecular flexibility index (Phi) is 4.49. The number of hydrogen-bond acceptors (Lipinski definition) is 3. The number of nitrogens with zero attached hydrogens (tertiary/aromatic N) is 2. The first-order valence-corrected chi connectivity index (χ1v) is 8.95. The molecule has 0 spiro atoms. The highest BCUT2D eigenvalue weighted by atomic mass is 32.1. The molecule has 2 heterocycles. The monoisotopic (exact) mass is 340 g/mol. The first-order chi connectivity index (χ1) is 12.4. The smallest absolute Gasteiger partial charge is 0.116 e. The number of thiophene rings is 1. The molecule has 2 aromatic carbocycles. The molecule has 120 valence electrons. The van der Waals surface area contributed by atoms with Crippen molar-refractivity contribution in [2.24, 2.45) is 0 Å². The van der Waals surface area contributed by atoms with Gasteiger partial charge >= 0.3 is 0 Å². The Bertz CT molecular complexity index is 972. The highest BCUT2D eigenvalue weighted by Crippen LogP contribution is 2.27. The lowest BCUT2D eigenvalue weighted by molar-refractivity contribution is 1.17. The lowest BCUT2D eigenvalue weighted by Gasteiger charge is -2.03. The summed E-state index contributed by atoms with van der Waals surface area (Å²) in [6.07, 6.45) is 7.63. The molecule has 3 heteroatoms. The third-order valence-electron chi connectivity index (χ3n) is 3.97. The van der Waals surface area contributed by atoms with Gasteiger partial charge < -0.3 is 0 Å². The van der Waals surface area contributed by atoms with E-state index in [1.54, 1.807) is 17.7 Å². The molecule has 0 aliphatic carbocycles. The van der Waals surface area contributed by atoms with Crippen molar-refractivity contribution in [3.63, 3.8) is 0 Å². The summed E-state index contributed by atoms with van der Waals surface area (Å²) < 4.78 is 0. The first kappa shape index (κ1) is 15.5. The van der Waals surface area contributed by atoms with Crippen LogP contribution in [0.25, 0.3) is 33.9 Å². The van der Waals surface area contributed by atoms with Crippen molar-refractivity contribution in [1.29, 1.82) is 0 Å². The van der Waals surface area contributed by atoms with Gasteiger partial charge in [0.25, 0.3) is 0 Å². The van der Waals surface area contributed by atoms with Gasteiger partial charge in [-0.3, -0.25) is 0 Å². The third-order valence-corrected chi connectivity index (χ3v) is 4.84. The lowest BCUT2D eigenvalue weighted by Crippen LogP contribution is -1.87. The van der Waals surface area contributed by atoms with Gasteiger partial charge in [0, 0.05) is 11.8 Å². The van der Waals surface area contributed by atoms with E-state index in [1.807, 2.05) is 18.3 Å². The van der Waals surface area contributed by atoms with Gasteiger partial charge in [0.15, 0.2) is 0 Å². The van der Waals surface area contributed by atoms with Crippen molar-refractivity contribution < 1.29 is 0 Å². The van der Waals surface area contributed by atoms with E-state index in [1.165, 1.54) is 11.1 Å². The molecule has 0 bridgehead atoms. The van der Waals surface area contributed by atoms with Crippen molar-refractivity contribution in [2.75, 3.05) is 0 Å². The molecule has 25 heavy (non-hydrogen) atoms. The van der Waals surface area contributed by atoms with E-state index in [0.29, 0.717) is 0 Å². The van der Waals surface area contributed by atoms with Crippen LogP contribution in [0.15, 0.2) is 84.6 Å². The van der Waals surface area contributed by atoms with Crippen molar-refractivity contribution in [1.82, 2.24) is 9.97 Å². The maximum atomic E-state index is 4.44. The van der Waals surface area contributed by atoms with Crippen LogP contribution in [-0.2, 0) is 0 Å². The SMILES string of the molecule is C(=C\c1cncnc1-c1cccs1)/c1ccc(-c2ccccc2)cc1. The molecule has 0 amide bonds. The highest BCUT2D eigenvalue weighted by Gasteiger charge is 2.05. The molecule has 4 rings (SSSR count). The largest absolute Gasteiger partial charge is 0.244 e. The molecule has 0 radical (unpaired) electrons. The van der Waals surface area contributed by atoms with Gasteiger partial charge in [-0.25, -0.2) is 9.97 Å². The molecule has 2 aromatic heterocycles. The van der Waals surface area contributed by atoms with Gasteiger partial charge in [-0.05, 0) is 28.1 Å². The maximum Gasteiger partial charge on any atom is 0.116 e. The van der Waals surface area contributed by atoms with Crippen LogP contribution in [0.1, 0.15) is 11.1 Å². The van der Waals surface area contributed by atoms with E-state index in [9.17, 15) is 0 Å². The van der Waals surface area contributed by atoms with E-state index in [4.69, 9.17) is 0 Å². The van der Waals surface area contributed by atoms with Crippen LogP contribution in [-0.4, -0.2) is 9.97 Å². The van der Waals surface area contributed by atoms with Crippen molar-refractivity contribution in [3.05, 3.63) is 95.8 Å². The molecule has 0 saturated carbocycles. The summed E-state index contributed by atoms with van der Waals surface area (Å²) in [4.78, 5) is 9.75. The predicted molar refractivity (Wildman–Crippen MR) is 106 cm³/mol. The second-order valence-electron chi connectivity index (χ2n) is 5.63. The van der Waals surface area contributed by atoms with Crippen LogP contribution in [0, 0.1) is 0 Å². The summed E-state index contributed by atoms with van der Waals surface area (Å²) in [6, 6.07) is 23.1. The van der Waals surface area contributed by atoms with Crippen molar-refractivity contribution in [3.8, 4) is 21.7 Å². The lowest BCUT2D eigenvalue weighted by atomic mass is 10.0. The predicted octanol–water partition coefficient (Wildman–Crippen LogP) is 6.04. The summed E-state index contributed by atoms with van der Waals surface area (Å²) in [5.41, 5.74) is 5.61. The Morgan fingerprint density at radius 1 is 0.760 bits per heavy atom.